The van der Waals surface area contributed by atoms with Crippen molar-refractivity contribution in [2.24, 2.45) is 0 Å². The van der Waals surface area contributed by atoms with Gasteiger partial charge in [0.05, 0.1) is 16.5 Å². The largest absolute Gasteiger partial charge is 0.337 e. The highest BCUT2D eigenvalue weighted by Gasteiger charge is 2.08. The van der Waals surface area contributed by atoms with Crippen LogP contribution in [-0.4, -0.2) is 15.0 Å². The Labute approximate surface area is 107 Å². The molecule has 0 saturated heterocycles. The van der Waals surface area contributed by atoms with Crippen molar-refractivity contribution < 1.29 is 0 Å². The van der Waals surface area contributed by atoms with Crippen LogP contribution >= 0.6 is 11.3 Å². The van der Waals surface area contributed by atoms with Crippen LogP contribution in [0.1, 0.15) is 0 Å². The third-order valence-electron chi connectivity index (χ3n) is 3.05. The Bertz CT molecular complexity index is 831. The molecule has 0 aliphatic heterocycles. The molecule has 0 spiro atoms. The van der Waals surface area contributed by atoms with Gasteiger partial charge in [-0.25, -0.2) is 9.97 Å². The number of H-pyrrole nitrogens is 1. The van der Waals surface area contributed by atoms with E-state index in [1.807, 2.05) is 23.0 Å². The number of hydrogen-bond acceptors (Lipinski definition) is 3. The van der Waals surface area contributed by atoms with Crippen LogP contribution in [0.25, 0.3) is 33.3 Å². The van der Waals surface area contributed by atoms with Crippen LogP contribution in [-0.2, 0) is 0 Å². The Hall–Kier alpha value is -2.20. The summed E-state index contributed by atoms with van der Waals surface area (Å²) in [6.07, 6.45) is 0. The number of thiazole rings is 1. The smallest absolute Gasteiger partial charge is 0.158 e. The molecule has 86 valence electrons. The number of benzene rings is 2. The van der Waals surface area contributed by atoms with Gasteiger partial charge in [-0.05, 0) is 11.5 Å². The van der Waals surface area contributed by atoms with E-state index in [9.17, 15) is 0 Å². The summed E-state index contributed by atoms with van der Waals surface area (Å²) in [6, 6.07) is 12.5. The predicted molar refractivity (Wildman–Crippen MR) is 74.7 cm³/mol. The zero-order valence-corrected chi connectivity index (χ0v) is 10.2. The molecule has 4 heteroatoms. The molecule has 1 N–H and O–H groups in total. The van der Waals surface area contributed by atoms with Gasteiger partial charge in [0.2, 0.25) is 0 Å². The summed E-state index contributed by atoms with van der Waals surface area (Å²) in [7, 11) is 0. The van der Waals surface area contributed by atoms with Crippen molar-refractivity contribution in [3.8, 4) is 11.5 Å². The van der Waals surface area contributed by atoms with E-state index in [1.54, 1.807) is 11.3 Å². The third kappa shape index (κ3) is 1.36. The minimum atomic E-state index is 0.836. The molecule has 3 nitrogen and oxygen atoms in total. The molecule has 0 fully saturated rings. The van der Waals surface area contributed by atoms with Gasteiger partial charge in [0.15, 0.2) is 5.82 Å². The number of aromatic nitrogens is 3. The molecular weight excluding hydrogens is 242 g/mol. The lowest BCUT2D eigenvalue weighted by atomic mass is 10.1. The summed E-state index contributed by atoms with van der Waals surface area (Å²) in [6.45, 7) is 0. The van der Waals surface area contributed by atoms with Gasteiger partial charge in [-0.3, -0.25) is 0 Å². The van der Waals surface area contributed by atoms with Crippen molar-refractivity contribution in [1.29, 1.82) is 0 Å². The first-order valence-corrected chi connectivity index (χ1v) is 6.62. The fraction of sp³-hybridized carbons (Fsp3) is 0. The Morgan fingerprint density at radius 2 is 2.00 bits per heavy atom. The number of rotatable bonds is 1. The number of imidazole rings is 1. The van der Waals surface area contributed by atoms with Crippen LogP contribution in [0.4, 0.5) is 0 Å². The number of nitrogens with zero attached hydrogens (tertiary/aromatic N) is 2. The standard InChI is InChI=1S/C14H9N3S/c1-2-4-10-9(3-1)5-6-11-13(10)17-14(16-11)12-7-18-8-15-12/h1-8H,(H,16,17). The van der Waals surface area contributed by atoms with Gasteiger partial charge < -0.3 is 4.98 Å². The minimum Gasteiger partial charge on any atom is -0.337 e. The summed E-state index contributed by atoms with van der Waals surface area (Å²) in [4.78, 5) is 12.3. The fourth-order valence-corrected chi connectivity index (χ4v) is 2.73. The summed E-state index contributed by atoms with van der Waals surface area (Å²) < 4.78 is 0. The maximum Gasteiger partial charge on any atom is 0.158 e. The molecule has 0 aliphatic carbocycles. The molecule has 0 aliphatic rings. The van der Waals surface area contributed by atoms with Gasteiger partial charge in [-0.1, -0.05) is 30.3 Å². The van der Waals surface area contributed by atoms with E-state index in [2.05, 4.69) is 39.2 Å². The van der Waals surface area contributed by atoms with Crippen molar-refractivity contribution in [2.75, 3.05) is 0 Å². The lowest BCUT2D eigenvalue weighted by molar-refractivity contribution is 1.28. The maximum absolute atomic E-state index is 4.67. The Balaban J connectivity index is 2.08. The van der Waals surface area contributed by atoms with Crippen molar-refractivity contribution in [3.63, 3.8) is 0 Å². The summed E-state index contributed by atoms with van der Waals surface area (Å²) in [5.74, 6) is 0.836. The second-order valence-electron chi connectivity index (χ2n) is 4.14. The first-order valence-electron chi connectivity index (χ1n) is 5.68. The number of aromatic amines is 1. The van der Waals surface area contributed by atoms with E-state index in [-0.39, 0.29) is 0 Å². The SMILES string of the molecule is c1ccc2c(c1)ccc1[nH]c(-c3cscn3)nc12. The highest BCUT2D eigenvalue weighted by atomic mass is 32.1. The molecule has 0 unspecified atom stereocenters. The number of nitrogens with one attached hydrogen (secondary N) is 1. The van der Waals surface area contributed by atoms with E-state index in [4.69, 9.17) is 0 Å². The quantitative estimate of drug-likeness (QED) is 0.558. The Kier molecular flexibility index (Phi) is 1.98. The van der Waals surface area contributed by atoms with Crippen molar-refractivity contribution in [1.82, 2.24) is 15.0 Å². The molecule has 0 radical (unpaired) electrons. The number of hydrogen-bond donors (Lipinski definition) is 1. The lowest BCUT2D eigenvalue weighted by Crippen LogP contribution is -1.78. The zero-order chi connectivity index (χ0) is 11.9. The van der Waals surface area contributed by atoms with Gasteiger partial charge in [0, 0.05) is 10.8 Å². The van der Waals surface area contributed by atoms with Gasteiger partial charge in [0.25, 0.3) is 0 Å². The van der Waals surface area contributed by atoms with E-state index in [1.165, 1.54) is 10.8 Å². The fourth-order valence-electron chi connectivity index (χ4n) is 2.19. The van der Waals surface area contributed by atoms with Gasteiger partial charge in [0.1, 0.15) is 5.69 Å². The summed E-state index contributed by atoms with van der Waals surface area (Å²) in [5, 5.41) is 4.38. The topological polar surface area (TPSA) is 41.6 Å². The predicted octanol–water partition coefficient (Wildman–Crippen LogP) is 3.84. The van der Waals surface area contributed by atoms with Crippen molar-refractivity contribution >= 4 is 33.1 Å². The van der Waals surface area contributed by atoms with Crippen molar-refractivity contribution in [2.45, 2.75) is 0 Å². The minimum absolute atomic E-state index is 0.836. The lowest BCUT2D eigenvalue weighted by Gasteiger charge is -1.96. The molecule has 0 atom stereocenters. The number of fused-ring (bicyclic) bond motifs is 3. The summed E-state index contributed by atoms with van der Waals surface area (Å²) in [5.41, 5.74) is 4.79. The van der Waals surface area contributed by atoms with Crippen LogP contribution in [0.15, 0.2) is 47.3 Å². The molecule has 4 rings (SSSR count). The highest BCUT2D eigenvalue weighted by Crippen LogP contribution is 2.26. The molecule has 0 bridgehead atoms. The van der Waals surface area contributed by atoms with Crippen molar-refractivity contribution in [3.05, 3.63) is 47.3 Å². The average molecular weight is 251 g/mol. The second kappa shape index (κ2) is 3.65. The van der Waals surface area contributed by atoms with Gasteiger partial charge in [-0.2, -0.15) is 0 Å². The van der Waals surface area contributed by atoms with Gasteiger partial charge >= 0.3 is 0 Å². The van der Waals surface area contributed by atoms with E-state index in [0.717, 1.165) is 22.6 Å². The monoisotopic (exact) mass is 251 g/mol. The van der Waals surface area contributed by atoms with Gasteiger partial charge in [-0.15, -0.1) is 11.3 Å². The molecule has 2 aromatic carbocycles. The van der Waals surface area contributed by atoms with Crippen LogP contribution in [0.5, 0.6) is 0 Å². The normalized spacial score (nSPS) is 11.3. The first kappa shape index (κ1) is 9.79. The molecule has 2 heterocycles. The van der Waals surface area contributed by atoms with Crippen LogP contribution in [0.3, 0.4) is 0 Å². The van der Waals surface area contributed by atoms with Crippen LogP contribution < -0.4 is 0 Å². The van der Waals surface area contributed by atoms with E-state index in [0.29, 0.717) is 0 Å². The molecule has 0 amide bonds. The highest BCUT2D eigenvalue weighted by molar-refractivity contribution is 7.07. The van der Waals surface area contributed by atoms with E-state index < -0.39 is 0 Å². The summed E-state index contributed by atoms with van der Waals surface area (Å²) >= 11 is 1.58. The maximum atomic E-state index is 4.67. The average Bonchev–Trinajstić information content (AvgIpc) is 3.07. The Morgan fingerprint density at radius 1 is 1.06 bits per heavy atom. The van der Waals surface area contributed by atoms with Crippen LogP contribution in [0.2, 0.25) is 0 Å². The first-order chi connectivity index (χ1) is 8.92. The van der Waals surface area contributed by atoms with Crippen LogP contribution in [0, 0.1) is 0 Å². The molecular formula is C14H9N3S. The third-order valence-corrected chi connectivity index (χ3v) is 3.64. The molecule has 2 aromatic heterocycles. The van der Waals surface area contributed by atoms with E-state index >= 15 is 0 Å². The molecule has 0 saturated carbocycles. The Morgan fingerprint density at radius 3 is 2.89 bits per heavy atom. The second-order valence-corrected chi connectivity index (χ2v) is 4.86. The molecule has 4 aromatic rings. The molecule has 18 heavy (non-hydrogen) atoms. The zero-order valence-electron chi connectivity index (χ0n) is 9.42.